The van der Waals surface area contributed by atoms with Crippen LogP contribution < -0.4 is 10.1 Å². The summed E-state index contributed by atoms with van der Waals surface area (Å²) in [6.07, 6.45) is 0. The summed E-state index contributed by atoms with van der Waals surface area (Å²) in [6.45, 7) is 3.25. The highest BCUT2D eigenvalue weighted by molar-refractivity contribution is 6.36. The van der Waals surface area contributed by atoms with Crippen molar-refractivity contribution >= 4 is 23.2 Å². The molecule has 20 heavy (non-hydrogen) atoms. The van der Waals surface area contributed by atoms with Gasteiger partial charge in [-0.25, -0.2) is 0 Å². The van der Waals surface area contributed by atoms with Gasteiger partial charge in [-0.05, 0) is 31.2 Å². The van der Waals surface area contributed by atoms with Gasteiger partial charge in [-0.15, -0.1) is 0 Å². The zero-order valence-electron chi connectivity index (χ0n) is 11.5. The zero-order chi connectivity index (χ0) is 14.5. The second-order valence-electron chi connectivity index (χ2n) is 4.38. The predicted molar refractivity (Wildman–Crippen MR) is 85.8 cm³/mol. The molecule has 0 spiro atoms. The molecule has 2 aromatic rings. The number of benzene rings is 2. The Morgan fingerprint density at radius 3 is 2.50 bits per heavy atom. The largest absolute Gasteiger partial charge is 0.492 e. The second-order valence-corrected chi connectivity index (χ2v) is 5.20. The second kappa shape index (κ2) is 6.98. The maximum atomic E-state index is 6.38. The Kier molecular flexibility index (Phi) is 5.30. The molecule has 0 bridgehead atoms. The molecule has 0 radical (unpaired) electrons. The molecule has 1 N–H and O–H groups in total. The van der Waals surface area contributed by atoms with Crippen LogP contribution in [0.5, 0.6) is 5.75 Å². The molecular formula is C16H17Cl2NO. The lowest BCUT2D eigenvalue weighted by atomic mass is 9.99. The van der Waals surface area contributed by atoms with Gasteiger partial charge in [-0.1, -0.05) is 47.5 Å². The smallest absolute Gasteiger partial charge is 0.139 e. The van der Waals surface area contributed by atoms with Gasteiger partial charge in [0.25, 0.3) is 0 Å². The summed E-state index contributed by atoms with van der Waals surface area (Å²) in [7, 11) is 1.92. The van der Waals surface area contributed by atoms with Crippen molar-refractivity contribution in [1.29, 1.82) is 0 Å². The monoisotopic (exact) mass is 309 g/mol. The molecule has 0 heterocycles. The molecule has 2 aromatic carbocycles. The van der Waals surface area contributed by atoms with Crippen molar-refractivity contribution in [2.75, 3.05) is 13.7 Å². The number of rotatable bonds is 5. The summed E-state index contributed by atoms with van der Waals surface area (Å²) < 4.78 is 5.46. The highest BCUT2D eigenvalue weighted by Gasteiger charge is 2.12. The standard InChI is InChI=1S/C16H17Cl2NO/c1-3-20-16-9-14(17)13(8-15(16)18)12-7-5-4-6-11(12)10-19-2/h4-9,19H,3,10H2,1-2H3. The lowest BCUT2D eigenvalue weighted by Crippen LogP contribution is -2.06. The van der Waals surface area contributed by atoms with Gasteiger partial charge in [-0.3, -0.25) is 0 Å². The first-order valence-electron chi connectivity index (χ1n) is 6.52. The molecule has 2 rings (SSSR count). The molecule has 0 saturated carbocycles. The van der Waals surface area contributed by atoms with Crippen molar-refractivity contribution in [3.63, 3.8) is 0 Å². The minimum absolute atomic E-state index is 0.561. The van der Waals surface area contributed by atoms with Crippen LogP contribution in [-0.4, -0.2) is 13.7 Å². The van der Waals surface area contributed by atoms with Crippen LogP contribution in [0.15, 0.2) is 36.4 Å². The van der Waals surface area contributed by atoms with E-state index in [0.29, 0.717) is 22.4 Å². The van der Waals surface area contributed by atoms with Gasteiger partial charge in [-0.2, -0.15) is 0 Å². The normalized spacial score (nSPS) is 10.6. The van der Waals surface area contributed by atoms with Gasteiger partial charge in [0, 0.05) is 18.2 Å². The topological polar surface area (TPSA) is 21.3 Å². The Hall–Kier alpha value is -1.22. The predicted octanol–water partition coefficient (Wildman–Crippen LogP) is 4.78. The fraction of sp³-hybridized carbons (Fsp3) is 0.250. The number of hydrogen-bond donors (Lipinski definition) is 1. The lowest BCUT2D eigenvalue weighted by Gasteiger charge is -2.13. The molecule has 0 fully saturated rings. The third-order valence-electron chi connectivity index (χ3n) is 3.00. The van der Waals surface area contributed by atoms with Gasteiger partial charge < -0.3 is 10.1 Å². The number of ether oxygens (including phenoxy) is 1. The van der Waals surface area contributed by atoms with E-state index in [9.17, 15) is 0 Å². The van der Waals surface area contributed by atoms with Gasteiger partial charge >= 0.3 is 0 Å². The maximum absolute atomic E-state index is 6.38. The first-order valence-corrected chi connectivity index (χ1v) is 7.27. The van der Waals surface area contributed by atoms with Crippen LogP contribution in [0, 0.1) is 0 Å². The Balaban J connectivity index is 2.50. The van der Waals surface area contributed by atoms with Gasteiger partial charge in [0.2, 0.25) is 0 Å². The molecule has 0 aliphatic rings. The third-order valence-corrected chi connectivity index (χ3v) is 3.60. The summed E-state index contributed by atoms with van der Waals surface area (Å²) >= 11 is 12.6. The number of nitrogens with one attached hydrogen (secondary N) is 1. The van der Waals surface area contributed by atoms with Gasteiger partial charge in [0.1, 0.15) is 5.75 Å². The van der Waals surface area contributed by atoms with Crippen molar-refractivity contribution < 1.29 is 4.74 Å². The van der Waals surface area contributed by atoms with Crippen molar-refractivity contribution in [3.05, 3.63) is 52.0 Å². The Morgan fingerprint density at radius 1 is 1.05 bits per heavy atom. The Morgan fingerprint density at radius 2 is 1.80 bits per heavy atom. The van der Waals surface area contributed by atoms with Crippen LogP contribution in [0.4, 0.5) is 0 Å². The Bertz CT molecular complexity index is 599. The first-order chi connectivity index (χ1) is 9.67. The average Bonchev–Trinajstić information content (AvgIpc) is 2.44. The highest BCUT2D eigenvalue weighted by Crippen LogP contribution is 2.38. The Labute approximate surface area is 129 Å². The summed E-state index contributed by atoms with van der Waals surface area (Å²) in [6, 6.07) is 11.8. The maximum Gasteiger partial charge on any atom is 0.139 e. The molecule has 0 aliphatic heterocycles. The van der Waals surface area contributed by atoms with Crippen LogP contribution >= 0.6 is 23.2 Å². The van der Waals surface area contributed by atoms with Crippen LogP contribution in [0.1, 0.15) is 12.5 Å². The fourth-order valence-corrected chi connectivity index (χ4v) is 2.60. The van der Waals surface area contributed by atoms with E-state index in [0.717, 1.165) is 17.7 Å². The molecule has 0 unspecified atom stereocenters. The molecule has 0 aromatic heterocycles. The third kappa shape index (κ3) is 3.26. The fourth-order valence-electron chi connectivity index (χ4n) is 2.13. The molecule has 0 saturated heterocycles. The van der Waals surface area contributed by atoms with Crippen molar-refractivity contribution in [2.24, 2.45) is 0 Å². The zero-order valence-corrected chi connectivity index (χ0v) is 13.1. The quantitative estimate of drug-likeness (QED) is 0.858. The molecule has 106 valence electrons. The number of halogens is 2. The first kappa shape index (κ1) is 15.2. The van der Waals surface area contributed by atoms with E-state index in [2.05, 4.69) is 11.4 Å². The van der Waals surface area contributed by atoms with Crippen LogP contribution in [0.3, 0.4) is 0 Å². The van der Waals surface area contributed by atoms with E-state index in [4.69, 9.17) is 27.9 Å². The van der Waals surface area contributed by atoms with E-state index in [-0.39, 0.29) is 0 Å². The van der Waals surface area contributed by atoms with E-state index >= 15 is 0 Å². The van der Waals surface area contributed by atoms with Crippen LogP contribution in [0.25, 0.3) is 11.1 Å². The average molecular weight is 310 g/mol. The lowest BCUT2D eigenvalue weighted by molar-refractivity contribution is 0.340. The minimum Gasteiger partial charge on any atom is -0.492 e. The van der Waals surface area contributed by atoms with Gasteiger partial charge in [0.05, 0.1) is 16.7 Å². The SMILES string of the molecule is CCOc1cc(Cl)c(-c2ccccc2CNC)cc1Cl. The highest BCUT2D eigenvalue weighted by atomic mass is 35.5. The molecule has 4 heteroatoms. The minimum atomic E-state index is 0.561. The summed E-state index contributed by atoms with van der Waals surface area (Å²) in [5.41, 5.74) is 3.18. The summed E-state index contributed by atoms with van der Waals surface area (Å²) in [5.74, 6) is 0.619. The molecular weight excluding hydrogens is 293 g/mol. The summed E-state index contributed by atoms with van der Waals surface area (Å²) in [5, 5.41) is 4.37. The van der Waals surface area contributed by atoms with Crippen LogP contribution in [0.2, 0.25) is 10.0 Å². The van der Waals surface area contributed by atoms with E-state index in [1.165, 1.54) is 5.56 Å². The molecule has 2 nitrogen and oxygen atoms in total. The van der Waals surface area contributed by atoms with E-state index in [1.807, 2.05) is 38.2 Å². The summed E-state index contributed by atoms with van der Waals surface area (Å²) in [4.78, 5) is 0. The van der Waals surface area contributed by atoms with E-state index in [1.54, 1.807) is 6.07 Å². The van der Waals surface area contributed by atoms with Crippen LogP contribution in [-0.2, 0) is 6.54 Å². The van der Waals surface area contributed by atoms with E-state index < -0.39 is 0 Å². The van der Waals surface area contributed by atoms with Crippen molar-refractivity contribution in [3.8, 4) is 16.9 Å². The van der Waals surface area contributed by atoms with Gasteiger partial charge in [0.15, 0.2) is 0 Å². The van der Waals surface area contributed by atoms with Crippen molar-refractivity contribution in [1.82, 2.24) is 5.32 Å². The molecule has 0 amide bonds. The molecule has 0 atom stereocenters. The van der Waals surface area contributed by atoms with Crippen molar-refractivity contribution in [2.45, 2.75) is 13.5 Å². The number of hydrogen-bond acceptors (Lipinski definition) is 2. The molecule has 0 aliphatic carbocycles.